The van der Waals surface area contributed by atoms with Gasteiger partial charge in [0.25, 0.3) is 5.91 Å². The number of hydrazone groups is 1. The van der Waals surface area contributed by atoms with Crippen molar-refractivity contribution in [3.05, 3.63) is 66.2 Å². The second-order valence-corrected chi connectivity index (χ2v) is 5.15. The third-order valence-electron chi connectivity index (χ3n) is 3.03. The van der Waals surface area contributed by atoms with Crippen LogP contribution in [0.1, 0.15) is 19.4 Å². The lowest BCUT2D eigenvalue weighted by Crippen LogP contribution is -2.27. The summed E-state index contributed by atoms with van der Waals surface area (Å²) < 4.78 is 5.38. The van der Waals surface area contributed by atoms with Crippen LogP contribution >= 0.6 is 0 Å². The van der Waals surface area contributed by atoms with Crippen molar-refractivity contribution in [1.29, 1.82) is 0 Å². The number of carbonyl (C=O) groups excluding carboxylic acids is 1. The molecule has 0 unspecified atom stereocenters. The van der Waals surface area contributed by atoms with Gasteiger partial charge in [-0.1, -0.05) is 62.4 Å². The Morgan fingerprint density at radius 2 is 1.64 bits per heavy atom. The summed E-state index contributed by atoms with van der Waals surface area (Å²) in [6.07, 6.45) is 0. The highest BCUT2D eigenvalue weighted by molar-refractivity contribution is 6.02. The number of nitrogens with one attached hydrogen (secondary N) is 1. The second-order valence-electron chi connectivity index (χ2n) is 5.15. The van der Waals surface area contributed by atoms with Crippen molar-refractivity contribution in [2.75, 3.05) is 6.61 Å². The first-order valence-corrected chi connectivity index (χ1v) is 7.26. The molecule has 22 heavy (non-hydrogen) atoms. The number of nitrogens with zero attached hydrogens (tertiary/aromatic N) is 1. The smallest absolute Gasteiger partial charge is 0.277 e. The lowest BCUT2D eigenvalue weighted by molar-refractivity contribution is -0.123. The van der Waals surface area contributed by atoms with Gasteiger partial charge in [-0.3, -0.25) is 4.79 Å². The Hall–Kier alpha value is -2.62. The lowest BCUT2D eigenvalue weighted by atomic mass is 10.0. The monoisotopic (exact) mass is 296 g/mol. The van der Waals surface area contributed by atoms with Crippen LogP contribution in [-0.2, 0) is 4.79 Å². The summed E-state index contributed by atoms with van der Waals surface area (Å²) in [5, 5.41) is 4.24. The summed E-state index contributed by atoms with van der Waals surface area (Å²) in [5.74, 6) is 0.587. The summed E-state index contributed by atoms with van der Waals surface area (Å²) in [6, 6.07) is 19.0. The molecule has 0 saturated carbocycles. The van der Waals surface area contributed by atoms with Crippen LogP contribution in [0, 0.1) is 5.92 Å². The minimum Gasteiger partial charge on any atom is -0.484 e. The Bertz CT molecular complexity index is 622. The summed E-state index contributed by atoms with van der Waals surface area (Å²) >= 11 is 0. The number of rotatable bonds is 6. The third kappa shape index (κ3) is 4.74. The normalized spacial score (nSPS) is 11.3. The van der Waals surface area contributed by atoms with Crippen molar-refractivity contribution in [3.8, 4) is 5.75 Å². The number of hydrogen-bond donors (Lipinski definition) is 1. The van der Waals surface area contributed by atoms with E-state index in [9.17, 15) is 4.79 Å². The standard InChI is InChI=1S/C18H20N2O2/c1-14(2)18(15-9-5-3-6-10-15)20-19-17(21)13-22-16-11-7-4-8-12-16/h3-12,14H,13H2,1-2H3,(H,19,21)/b20-18-. The largest absolute Gasteiger partial charge is 0.484 e. The zero-order valence-corrected chi connectivity index (χ0v) is 12.8. The minimum atomic E-state index is -0.280. The van der Waals surface area contributed by atoms with Crippen molar-refractivity contribution in [1.82, 2.24) is 5.43 Å². The molecule has 0 fully saturated rings. The van der Waals surface area contributed by atoms with Gasteiger partial charge in [-0.25, -0.2) is 5.43 Å². The number of carbonyl (C=O) groups is 1. The fourth-order valence-electron chi connectivity index (χ4n) is 1.96. The predicted molar refractivity (Wildman–Crippen MR) is 87.9 cm³/mol. The molecule has 2 aromatic carbocycles. The Balaban J connectivity index is 1.95. The Labute approximate surface area is 130 Å². The van der Waals surface area contributed by atoms with E-state index in [1.807, 2.05) is 62.4 Å². The molecule has 0 aliphatic carbocycles. The minimum absolute atomic E-state index is 0.0618. The van der Waals surface area contributed by atoms with Gasteiger partial charge >= 0.3 is 0 Å². The zero-order chi connectivity index (χ0) is 15.8. The summed E-state index contributed by atoms with van der Waals surface area (Å²) in [7, 11) is 0. The Morgan fingerprint density at radius 3 is 2.23 bits per heavy atom. The number of hydrogen-bond acceptors (Lipinski definition) is 3. The van der Waals surface area contributed by atoms with Crippen molar-refractivity contribution in [2.45, 2.75) is 13.8 Å². The van der Waals surface area contributed by atoms with E-state index in [1.165, 1.54) is 0 Å². The van der Waals surface area contributed by atoms with Crippen molar-refractivity contribution in [3.63, 3.8) is 0 Å². The van der Waals surface area contributed by atoms with Crippen LogP contribution in [0.5, 0.6) is 5.75 Å². The molecule has 0 aliphatic rings. The number of ether oxygens (including phenoxy) is 1. The molecule has 1 amide bonds. The van der Waals surface area contributed by atoms with Crippen LogP contribution in [-0.4, -0.2) is 18.2 Å². The Kier molecular flexibility index (Phi) is 5.72. The van der Waals surface area contributed by atoms with Gasteiger partial charge in [0.2, 0.25) is 0 Å². The molecule has 0 bridgehead atoms. The number of amides is 1. The van der Waals surface area contributed by atoms with Crippen molar-refractivity contribution >= 4 is 11.6 Å². The van der Waals surface area contributed by atoms with Gasteiger partial charge in [0.15, 0.2) is 6.61 Å². The second kappa shape index (κ2) is 7.98. The highest BCUT2D eigenvalue weighted by Crippen LogP contribution is 2.09. The van der Waals surface area contributed by atoms with Crippen LogP contribution < -0.4 is 10.2 Å². The summed E-state index contributed by atoms with van der Waals surface area (Å²) in [5.41, 5.74) is 4.40. The molecule has 2 aromatic rings. The quantitative estimate of drug-likeness (QED) is 0.657. The fourth-order valence-corrected chi connectivity index (χ4v) is 1.96. The number of benzene rings is 2. The van der Waals surface area contributed by atoms with E-state index in [4.69, 9.17) is 4.74 Å². The highest BCUT2D eigenvalue weighted by Gasteiger charge is 2.09. The first-order valence-electron chi connectivity index (χ1n) is 7.26. The average Bonchev–Trinajstić information content (AvgIpc) is 2.55. The SMILES string of the molecule is CC(C)/C(=N/NC(=O)COc1ccccc1)c1ccccc1. The third-order valence-corrected chi connectivity index (χ3v) is 3.03. The number of para-hydroxylation sites is 1. The molecule has 4 heteroatoms. The van der Waals surface area contributed by atoms with E-state index in [-0.39, 0.29) is 18.4 Å². The summed E-state index contributed by atoms with van der Waals surface area (Å²) in [4.78, 5) is 11.8. The molecule has 2 rings (SSSR count). The van der Waals surface area contributed by atoms with Gasteiger partial charge in [0.1, 0.15) is 5.75 Å². The molecular weight excluding hydrogens is 276 g/mol. The Morgan fingerprint density at radius 1 is 1.05 bits per heavy atom. The molecule has 0 spiro atoms. The predicted octanol–water partition coefficient (Wildman–Crippen LogP) is 3.24. The van der Waals surface area contributed by atoms with E-state index < -0.39 is 0 Å². The fraction of sp³-hybridized carbons (Fsp3) is 0.222. The maximum absolute atomic E-state index is 11.8. The average molecular weight is 296 g/mol. The van der Waals surface area contributed by atoms with Gasteiger partial charge in [-0.05, 0) is 23.6 Å². The maximum Gasteiger partial charge on any atom is 0.277 e. The van der Waals surface area contributed by atoms with Crippen molar-refractivity contribution in [2.24, 2.45) is 11.0 Å². The van der Waals surface area contributed by atoms with Crippen LogP contribution in [0.2, 0.25) is 0 Å². The molecular formula is C18H20N2O2. The van der Waals surface area contributed by atoms with Gasteiger partial charge in [-0.15, -0.1) is 0 Å². The molecule has 0 atom stereocenters. The van der Waals surface area contributed by atoms with E-state index >= 15 is 0 Å². The van der Waals surface area contributed by atoms with Gasteiger partial charge in [0.05, 0.1) is 5.71 Å². The van der Waals surface area contributed by atoms with E-state index in [2.05, 4.69) is 10.5 Å². The zero-order valence-electron chi connectivity index (χ0n) is 12.8. The highest BCUT2D eigenvalue weighted by atomic mass is 16.5. The van der Waals surface area contributed by atoms with Crippen LogP contribution in [0.3, 0.4) is 0 Å². The molecule has 4 nitrogen and oxygen atoms in total. The van der Waals surface area contributed by atoms with Gasteiger partial charge < -0.3 is 4.74 Å². The molecule has 114 valence electrons. The topological polar surface area (TPSA) is 50.7 Å². The van der Waals surface area contributed by atoms with Crippen LogP contribution in [0.25, 0.3) is 0 Å². The van der Waals surface area contributed by atoms with E-state index in [0.717, 1.165) is 11.3 Å². The molecule has 0 aromatic heterocycles. The summed E-state index contributed by atoms with van der Waals surface area (Å²) in [6.45, 7) is 4.02. The maximum atomic E-state index is 11.8. The molecule has 0 aliphatic heterocycles. The molecule has 0 radical (unpaired) electrons. The van der Waals surface area contributed by atoms with Crippen LogP contribution in [0.15, 0.2) is 65.8 Å². The van der Waals surface area contributed by atoms with Gasteiger partial charge in [0, 0.05) is 0 Å². The van der Waals surface area contributed by atoms with Crippen molar-refractivity contribution < 1.29 is 9.53 Å². The lowest BCUT2D eigenvalue weighted by Gasteiger charge is -2.11. The first-order chi connectivity index (χ1) is 10.7. The first kappa shape index (κ1) is 15.8. The van der Waals surface area contributed by atoms with Gasteiger partial charge in [-0.2, -0.15) is 5.10 Å². The molecule has 0 heterocycles. The van der Waals surface area contributed by atoms with Crippen LogP contribution in [0.4, 0.5) is 0 Å². The molecule has 1 N–H and O–H groups in total. The van der Waals surface area contributed by atoms with E-state index in [1.54, 1.807) is 12.1 Å². The molecule has 0 saturated heterocycles. The van der Waals surface area contributed by atoms with E-state index in [0.29, 0.717) is 5.75 Å².